The summed E-state index contributed by atoms with van der Waals surface area (Å²) < 4.78 is 5.84. The van der Waals surface area contributed by atoms with Gasteiger partial charge >= 0.3 is 0 Å². The summed E-state index contributed by atoms with van der Waals surface area (Å²) >= 11 is 0. The predicted molar refractivity (Wildman–Crippen MR) is 94.5 cm³/mol. The molecule has 1 amide bonds. The van der Waals surface area contributed by atoms with E-state index in [1.165, 1.54) is 0 Å². The molecule has 25 heavy (non-hydrogen) atoms. The third kappa shape index (κ3) is 2.94. The Morgan fingerprint density at radius 3 is 3.04 bits per heavy atom. The molecule has 0 saturated carbocycles. The van der Waals surface area contributed by atoms with Gasteiger partial charge in [0.2, 0.25) is 0 Å². The highest BCUT2D eigenvalue weighted by atomic mass is 16.5. The molecule has 0 bridgehead atoms. The summed E-state index contributed by atoms with van der Waals surface area (Å²) in [4.78, 5) is 19.2. The maximum atomic E-state index is 12.9. The van der Waals surface area contributed by atoms with Crippen LogP contribution in [0.3, 0.4) is 0 Å². The molecule has 3 heterocycles. The number of carbonyl (C=O) groups excluding carboxylic acids is 1. The number of nitrogens with zero attached hydrogens (tertiary/aromatic N) is 3. The van der Waals surface area contributed by atoms with E-state index in [-0.39, 0.29) is 12.0 Å². The second-order valence-corrected chi connectivity index (χ2v) is 5.93. The Balaban J connectivity index is 1.57. The molecule has 1 aliphatic rings. The molecule has 0 radical (unpaired) electrons. The van der Waals surface area contributed by atoms with E-state index in [0.29, 0.717) is 25.4 Å². The first-order chi connectivity index (χ1) is 12.3. The van der Waals surface area contributed by atoms with E-state index in [2.05, 4.69) is 20.5 Å². The standard InChI is InChI=1S/C18H19N5O2/c1-19-16-8-4-7-14(20-16)15-11-23(9-10-25-15)18(24)17-12-5-2-3-6-13(12)21-22-17/h2-8,15H,9-11H2,1H3,(H,19,20)(H,21,22)/t15-/m1/s1. The molecule has 2 aromatic heterocycles. The number of hydrogen-bond donors (Lipinski definition) is 2. The summed E-state index contributed by atoms with van der Waals surface area (Å²) in [7, 11) is 1.83. The van der Waals surface area contributed by atoms with Gasteiger partial charge in [-0.15, -0.1) is 0 Å². The van der Waals surface area contributed by atoms with Crippen molar-refractivity contribution in [2.24, 2.45) is 0 Å². The molecule has 1 saturated heterocycles. The van der Waals surface area contributed by atoms with Crippen LogP contribution >= 0.6 is 0 Å². The highest BCUT2D eigenvalue weighted by Gasteiger charge is 2.29. The zero-order valence-corrected chi connectivity index (χ0v) is 13.9. The van der Waals surface area contributed by atoms with Crippen molar-refractivity contribution >= 4 is 22.6 Å². The Bertz CT molecular complexity index is 907. The number of aromatic nitrogens is 3. The number of nitrogens with one attached hydrogen (secondary N) is 2. The van der Waals surface area contributed by atoms with Crippen molar-refractivity contribution < 1.29 is 9.53 Å². The molecule has 7 nitrogen and oxygen atoms in total. The fourth-order valence-electron chi connectivity index (χ4n) is 3.06. The Hall–Kier alpha value is -2.93. The highest BCUT2D eigenvalue weighted by molar-refractivity contribution is 6.04. The molecule has 1 atom stereocenters. The number of anilines is 1. The number of carbonyl (C=O) groups is 1. The zero-order valence-electron chi connectivity index (χ0n) is 13.9. The number of hydrogen-bond acceptors (Lipinski definition) is 5. The lowest BCUT2D eigenvalue weighted by Gasteiger charge is -2.32. The first kappa shape index (κ1) is 15.6. The van der Waals surface area contributed by atoms with E-state index in [0.717, 1.165) is 22.4 Å². The van der Waals surface area contributed by atoms with Crippen molar-refractivity contribution in [1.29, 1.82) is 0 Å². The average Bonchev–Trinajstić information content (AvgIpc) is 3.11. The number of para-hydroxylation sites is 1. The minimum atomic E-state index is -0.240. The number of benzene rings is 1. The van der Waals surface area contributed by atoms with Crippen LogP contribution in [0.5, 0.6) is 0 Å². The van der Waals surface area contributed by atoms with Crippen molar-refractivity contribution in [3.05, 3.63) is 53.9 Å². The van der Waals surface area contributed by atoms with E-state index in [1.807, 2.05) is 49.5 Å². The van der Waals surface area contributed by atoms with Gasteiger partial charge in [-0.2, -0.15) is 5.10 Å². The lowest BCUT2D eigenvalue weighted by atomic mass is 10.1. The smallest absolute Gasteiger partial charge is 0.275 e. The van der Waals surface area contributed by atoms with Crippen LogP contribution in [0, 0.1) is 0 Å². The van der Waals surface area contributed by atoms with Crippen molar-refractivity contribution in [2.45, 2.75) is 6.10 Å². The summed E-state index contributed by atoms with van der Waals surface area (Å²) in [5.41, 5.74) is 2.13. The molecule has 1 aliphatic heterocycles. The van der Waals surface area contributed by atoms with Crippen LogP contribution in [-0.2, 0) is 4.74 Å². The summed E-state index contributed by atoms with van der Waals surface area (Å²) in [5.74, 6) is 0.693. The monoisotopic (exact) mass is 337 g/mol. The third-order valence-electron chi connectivity index (χ3n) is 4.38. The van der Waals surface area contributed by atoms with Crippen LogP contribution in [0.2, 0.25) is 0 Å². The fourth-order valence-corrected chi connectivity index (χ4v) is 3.06. The van der Waals surface area contributed by atoms with Crippen molar-refractivity contribution in [3.8, 4) is 0 Å². The quantitative estimate of drug-likeness (QED) is 0.766. The molecule has 0 unspecified atom stereocenters. The minimum Gasteiger partial charge on any atom is -0.373 e. The van der Waals surface area contributed by atoms with Gasteiger partial charge in [0, 0.05) is 19.0 Å². The maximum Gasteiger partial charge on any atom is 0.275 e. The lowest BCUT2D eigenvalue weighted by Crippen LogP contribution is -2.42. The molecule has 2 N–H and O–H groups in total. The molecule has 7 heteroatoms. The van der Waals surface area contributed by atoms with Gasteiger partial charge in [0.1, 0.15) is 11.9 Å². The van der Waals surface area contributed by atoms with Gasteiger partial charge in [0.15, 0.2) is 5.69 Å². The molecule has 0 spiro atoms. The van der Waals surface area contributed by atoms with Gasteiger partial charge in [-0.05, 0) is 18.2 Å². The SMILES string of the molecule is CNc1cccc([C@H]2CN(C(=O)c3n[nH]c4ccccc34)CCO2)n1. The topological polar surface area (TPSA) is 83.1 Å². The van der Waals surface area contributed by atoms with Crippen LogP contribution in [0.4, 0.5) is 5.82 Å². The lowest BCUT2D eigenvalue weighted by molar-refractivity contribution is -0.0247. The normalized spacial score (nSPS) is 17.6. The van der Waals surface area contributed by atoms with Gasteiger partial charge in [0.25, 0.3) is 5.91 Å². The van der Waals surface area contributed by atoms with Crippen LogP contribution in [0.25, 0.3) is 10.9 Å². The molecule has 3 aromatic rings. The van der Waals surface area contributed by atoms with Crippen LogP contribution in [0.15, 0.2) is 42.5 Å². The van der Waals surface area contributed by atoms with E-state index in [4.69, 9.17) is 4.74 Å². The Morgan fingerprint density at radius 1 is 1.28 bits per heavy atom. The molecule has 1 fully saturated rings. The second-order valence-electron chi connectivity index (χ2n) is 5.93. The number of H-pyrrole nitrogens is 1. The predicted octanol–water partition coefficient (Wildman–Crippen LogP) is 2.21. The Kier molecular flexibility index (Phi) is 4.07. The van der Waals surface area contributed by atoms with Crippen LogP contribution in [-0.4, -0.2) is 52.7 Å². The largest absolute Gasteiger partial charge is 0.373 e. The maximum absolute atomic E-state index is 12.9. The number of rotatable bonds is 3. The van der Waals surface area contributed by atoms with Crippen LogP contribution < -0.4 is 5.32 Å². The van der Waals surface area contributed by atoms with Crippen LogP contribution in [0.1, 0.15) is 22.3 Å². The van der Waals surface area contributed by atoms with Gasteiger partial charge < -0.3 is 15.0 Å². The summed E-state index contributed by atoms with van der Waals surface area (Å²) in [5, 5.41) is 11.0. The zero-order chi connectivity index (χ0) is 17.2. The summed E-state index contributed by atoms with van der Waals surface area (Å²) in [6.07, 6.45) is -0.240. The third-order valence-corrected chi connectivity index (χ3v) is 4.38. The minimum absolute atomic E-state index is 0.0875. The van der Waals surface area contributed by atoms with Gasteiger partial charge in [-0.1, -0.05) is 24.3 Å². The fraction of sp³-hybridized carbons (Fsp3) is 0.278. The van der Waals surface area contributed by atoms with Crippen molar-refractivity contribution in [2.75, 3.05) is 32.1 Å². The summed E-state index contributed by atoms with van der Waals surface area (Å²) in [6, 6.07) is 13.4. The number of amides is 1. The molecule has 4 rings (SSSR count). The number of morpholine rings is 1. The average molecular weight is 337 g/mol. The number of aromatic amines is 1. The van der Waals surface area contributed by atoms with Gasteiger partial charge in [-0.25, -0.2) is 4.98 Å². The van der Waals surface area contributed by atoms with E-state index in [9.17, 15) is 4.79 Å². The van der Waals surface area contributed by atoms with E-state index >= 15 is 0 Å². The first-order valence-electron chi connectivity index (χ1n) is 8.25. The first-order valence-corrected chi connectivity index (χ1v) is 8.25. The molecular weight excluding hydrogens is 318 g/mol. The number of pyridine rings is 1. The Morgan fingerprint density at radius 2 is 2.16 bits per heavy atom. The van der Waals surface area contributed by atoms with Gasteiger partial charge in [-0.3, -0.25) is 9.89 Å². The van der Waals surface area contributed by atoms with Crippen molar-refractivity contribution in [3.63, 3.8) is 0 Å². The highest BCUT2D eigenvalue weighted by Crippen LogP contribution is 2.24. The number of fused-ring (bicyclic) bond motifs is 1. The Labute approximate surface area is 145 Å². The van der Waals surface area contributed by atoms with E-state index < -0.39 is 0 Å². The van der Waals surface area contributed by atoms with E-state index in [1.54, 1.807) is 4.90 Å². The molecular formula is C18H19N5O2. The van der Waals surface area contributed by atoms with Crippen molar-refractivity contribution in [1.82, 2.24) is 20.1 Å². The summed E-state index contributed by atoms with van der Waals surface area (Å²) in [6.45, 7) is 1.48. The second kappa shape index (κ2) is 6.52. The number of ether oxygens (including phenoxy) is 1. The van der Waals surface area contributed by atoms with Gasteiger partial charge in [0.05, 0.1) is 24.4 Å². The molecule has 0 aliphatic carbocycles. The molecule has 128 valence electrons. The molecule has 1 aromatic carbocycles.